The second-order valence-electron chi connectivity index (χ2n) is 3.72. The molecule has 0 aliphatic carbocycles. The summed E-state index contributed by atoms with van der Waals surface area (Å²) in [6.07, 6.45) is 3.18. The van der Waals surface area contributed by atoms with Gasteiger partial charge >= 0.3 is 0 Å². The number of nitrogens with two attached hydrogens (primary N) is 1. The molecule has 0 spiro atoms. The van der Waals surface area contributed by atoms with Crippen LogP contribution in [0.2, 0.25) is 0 Å². The third-order valence-corrected chi connectivity index (χ3v) is 2.54. The minimum Gasteiger partial charge on any atom is -0.493 e. The van der Waals surface area contributed by atoms with E-state index < -0.39 is 11.5 Å². The Morgan fingerprint density at radius 3 is 2.62 bits per heavy atom. The van der Waals surface area contributed by atoms with E-state index in [1.54, 1.807) is 0 Å². The van der Waals surface area contributed by atoms with Crippen LogP contribution < -0.4 is 5.73 Å². The fourth-order valence-electron chi connectivity index (χ4n) is 1.65. The number of rotatable bonds is 3. The van der Waals surface area contributed by atoms with Gasteiger partial charge in [-0.2, -0.15) is 0 Å². The SMILES string of the molecule is NC(=O)C1(Cc2ccccc2)COC=CO1. The topological polar surface area (TPSA) is 61.6 Å². The van der Waals surface area contributed by atoms with Crippen molar-refractivity contribution in [2.45, 2.75) is 12.0 Å². The molecule has 0 saturated carbocycles. The normalized spacial score (nSPS) is 23.2. The number of benzene rings is 1. The molecule has 0 aromatic heterocycles. The fourth-order valence-corrected chi connectivity index (χ4v) is 1.65. The largest absolute Gasteiger partial charge is 0.493 e. The lowest BCUT2D eigenvalue weighted by Crippen LogP contribution is -2.51. The molecule has 1 aliphatic heterocycles. The predicted molar refractivity (Wildman–Crippen MR) is 58.2 cm³/mol. The van der Waals surface area contributed by atoms with E-state index in [2.05, 4.69) is 0 Å². The van der Waals surface area contributed by atoms with Gasteiger partial charge in [-0.3, -0.25) is 4.79 Å². The molecule has 4 heteroatoms. The van der Waals surface area contributed by atoms with Crippen LogP contribution in [-0.2, 0) is 20.7 Å². The Labute approximate surface area is 93.7 Å². The zero-order valence-electron chi connectivity index (χ0n) is 8.76. The standard InChI is InChI=1S/C12H13NO3/c13-11(14)12(9-15-6-7-16-12)8-10-4-2-1-3-5-10/h1-7H,8-9H2,(H2,13,14). The van der Waals surface area contributed by atoms with Gasteiger partial charge in [0.15, 0.2) is 0 Å². The highest BCUT2D eigenvalue weighted by Crippen LogP contribution is 2.22. The van der Waals surface area contributed by atoms with Gasteiger partial charge in [-0.05, 0) is 5.56 Å². The van der Waals surface area contributed by atoms with Gasteiger partial charge in [0.25, 0.3) is 5.91 Å². The van der Waals surface area contributed by atoms with E-state index in [9.17, 15) is 4.79 Å². The van der Waals surface area contributed by atoms with E-state index in [1.165, 1.54) is 12.5 Å². The summed E-state index contributed by atoms with van der Waals surface area (Å²) in [5.41, 5.74) is 5.27. The van der Waals surface area contributed by atoms with Crippen LogP contribution in [0, 0.1) is 0 Å². The molecular weight excluding hydrogens is 206 g/mol. The van der Waals surface area contributed by atoms with Crippen molar-refractivity contribution in [1.29, 1.82) is 0 Å². The lowest BCUT2D eigenvalue weighted by Gasteiger charge is -2.31. The molecule has 16 heavy (non-hydrogen) atoms. The molecule has 1 aromatic carbocycles. The Morgan fingerprint density at radius 1 is 1.31 bits per heavy atom. The van der Waals surface area contributed by atoms with Crippen LogP contribution in [0.1, 0.15) is 5.56 Å². The second-order valence-corrected chi connectivity index (χ2v) is 3.72. The number of amides is 1. The lowest BCUT2D eigenvalue weighted by atomic mass is 9.94. The summed E-state index contributed by atoms with van der Waals surface area (Å²) in [7, 11) is 0. The minimum atomic E-state index is -1.09. The molecule has 1 heterocycles. The fraction of sp³-hybridized carbons (Fsp3) is 0.250. The first kappa shape index (κ1) is 10.5. The highest BCUT2D eigenvalue weighted by atomic mass is 16.6. The maximum absolute atomic E-state index is 11.5. The summed E-state index contributed by atoms with van der Waals surface area (Å²) in [5.74, 6) is -0.513. The molecule has 2 N–H and O–H groups in total. The molecular formula is C12H13NO3. The van der Waals surface area contributed by atoms with Crippen molar-refractivity contribution in [3.05, 3.63) is 48.4 Å². The molecule has 2 rings (SSSR count). The number of hydrogen-bond acceptors (Lipinski definition) is 3. The molecule has 84 valence electrons. The van der Waals surface area contributed by atoms with Crippen LogP contribution >= 0.6 is 0 Å². The van der Waals surface area contributed by atoms with Gasteiger partial charge in [0, 0.05) is 6.42 Å². The molecule has 0 saturated heterocycles. The van der Waals surface area contributed by atoms with Crippen molar-refractivity contribution >= 4 is 5.91 Å². The quantitative estimate of drug-likeness (QED) is 0.824. The van der Waals surface area contributed by atoms with Crippen molar-refractivity contribution in [3.8, 4) is 0 Å². The van der Waals surface area contributed by atoms with Crippen LogP contribution in [0.15, 0.2) is 42.9 Å². The maximum Gasteiger partial charge on any atom is 0.265 e. The summed E-state index contributed by atoms with van der Waals surface area (Å²) in [6, 6.07) is 9.57. The summed E-state index contributed by atoms with van der Waals surface area (Å²) in [5, 5.41) is 0. The number of primary amides is 1. The number of ether oxygens (including phenoxy) is 2. The van der Waals surface area contributed by atoms with E-state index >= 15 is 0 Å². The predicted octanol–water partition coefficient (Wildman–Crippen LogP) is 0.971. The molecule has 1 unspecified atom stereocenters. The highest BCUT2D eigenvalue weighted by Gasteiger charge is 2.40. The zero-order chi connectivity index (χ0) is 11.4. The van der Waals surface area contributed by atoms with Crippen LogP contribution in [0.5, 0.6) is 0 Å². The lowest BCUT2D eigenvalue weighted by molar-refractivity contribution is -0.145. The minimum absolute atomic E-state index is 0.147. The Kier molecular flexibility index (Phi) is 2.81. The molecule has 0 radical (unpaired) electrons. The van der Waals surface area contributed by atoms with Crippen molar-refractivity contribution in [2.75, 3.05) is 6.61 Å². The third kappa shape index (κ3) is 2.00. The van der Waals surface area contributed by atoms with E-state index in [0.29, 0.717) is 6.42 Å². The van der Waals surface area contributed by atoms with E-state index in [0.717, 1.165) is 5.56 Å². The first-order chi connectivity index (χ1) is 7.73. The first-order valence-corrected chi connectivity index (χ1v) is 5.01. The first-order valence-electron chi connectivity index (χ1n) is 5.01. The van der Waals surface area contributed by atoms with Gasteiger partial charge in [-0.1, -0.05) is 30.3 Å². The third-order valence-electron chi connectivity index (χ3n) is 2.54. The van der Waals surface area contributed by atoms with Crippen LogP contribution in [-0.4, -0.2) is 18.1 Å². The molecule has 1 aliphatic rings. The van der Waals surface area contributed by atoms with Crippen molar-refractivity contribution in [1.82, 2.24) is 0 Å². The Balaban J connectivity index is 2.21. The van der Waals surface area contributed by atoms with Crippen molar-refractivity contribution in [2.24, 2.45) is 5.73 Å². The van der Waals surface area contributed by atoms with Crippen LogP contribution in [0.4, 0.5) is 0 Å². The number of carbonyl (C=O) groups is 1. The van der Waals surface area contributed by atoms with Gasteiger partial charge in [0.05, 0.1) is 0 Å². The second kappa shape index (κ2) is 4.26. The summed E-state index contributed by atoms with van der Waals surface area (Å²) in [4.78, 5) is 11.5. The van der Waals surface area contributed by atoms with Gasteiger partial charge in [-0.25, -0.2) is 0 Å². The smallest absolute Gasteiger partial charge is 0.265 e. The van der Waals surface area contributed by atoms with E-state index in [-0.39, 0.29) is 6.61 Å². The van der Waals surface area contributed by atoms with Crippen molar-refractivity contribution < 1.29 is 14.3 Å². The van der Waals surface area contributed by atoms with E-state index in [4.69, 9.17) is 15.2 Å². The maximum atomic E-state index is 11.5. The molecule has 1 amide bonds. The zero-order valence-corrected chi connectivity index (χ0v) is 8.76. The summed E-state index contributed by atoms with van der Waals surface area (Å²) >= 11 is 0. The molecule has 0 bridgehead atoms. The van der Waals surface area contributed by atoms with Gasteiger partial charge in [0.1, 0.15) is 19.1 Å². The Bertz CT molecular complexity index is 402. The number of hydrogen-bond donors (Lipinski definition) is 1. The van der Waals surface area contributed by atoms with Crippen LogP contribution in [0.25, 0.3) is 0 Å². The van der Waals surface area contributed by atoms with Crippen molar-refractivity contribution in [3.63, 3.8) is 0 Å². The average molecular weight is 219 g/mol. The summed E-state index contributed by atoms with van der Waals surface area (Å²) in [6.45, 7) is 0.147. The van der Waals surface area contributed by atoms with Gasteiger partial charge < -0.3 is 15.2 Å². The van der Waals surface area contributed by atoms with Gasteiger partial charge in [0.2, 0.25) is 5.60 Å². The Hall–Kier alpha value is -1.97. The molecule has 1 atom stereocenters. The summed E-state index contributed by atoms with van der Waals surface area (Å²) < 4.78 is 10.5. The van der Waals surface area contributed by atoms with Crippen LogP contribution in [0.3, 0.4) is 0 Å². The molecule has 4 nitrogen and oxygen atoms in total. The Morgan fingerprint density at radius 2 is 2.06 bits per heavy atom. The highest BCUT2D eigenvalue weighted by molar-refractivity contribution is 5.84. The average Bonchev–Trinajstić information content (AvgIpc) is 2.31. The van der Waals surface area contributed by atoms with Gasteiger partial charge in [-0.15, -0.1) is 0 Å². The van der Waals surface area contributed by atoms with E-state index in [1.807, 2.05) is 30.3 Å². The number of carbonyl (C=O) groups excluding carboxylic acids is 1. The monoisotopic (exact) mass is 219 g/mol. The molecule has 1 aromatic rings. The molecule has 0 fully saturated rings.